The van der Waals surface area contributed by atoms with E-state index in [-0.39, 0.29) is 18.3 Å². The molecule has 37 heavy (non-hydrogen) atoms. The van der Waals surface area contributed by atoms with Crippen molar-refractivity contribution in [2.45, 2.75) is 93.0 Å². The molecule has 0 aromatic carbocycles. The first-order valence-electron chi connectivity index (χ1n) is 12.6. The second-order valence-electron chi connectivity index (χ2n) is 10.4. The third kappa shape index (κ3) is 10.0. The van der Waals surface area contributed by atoms with Gasteiger partial charge in [0.05, 0.1) is 30.8 Å². The SMILES string of the molecule is CC(C)CC(CC(C)C)=NOP(=O)(CO[C@H](C)Cn1cnc2c(N)ncnc21)N[C@@H](C)C(=O)OC(C)C. The third-order valence-corrected chi connectivity index (χ3v) is 6.71. The average molecular weight is 540 g/mol. The lowest BCUT2D eigenvalue weighted by molar-refractivity contribution is -0.149. The number of esters is 1. The average Bonchev–Trinajstić information content (AvgIpc) is 3.19. The number of hydrogen-bond acceptors (Lipinski definition) is 10. The molecule has 12 nitrogen and oxygen atoms in total. The highest BCUT2D eigenvalue weighted by Crippen LogP contribution is 2.44. The molecule has 0 saturated heterocycles. The highest BCUT2D eigenvalue weighted by atomic mass is 31.2. The minimum atomic E-state index is -3.74. The maximum atomic E-state index is 13.8. The number of aromatic nitrogens is 4. The van der Waals surface area contributed by atoms with E-state index in [1.807, 2.05) is 6.92 Å². The van der Waals surface area contributed by atoms with Gasteiger partial charge in [-0.3, -0.25) is 9.36 Å². The molecule has 0 spiro atoms. The largest absolute Gasteiger partial charge is 0.462 e. The number of nitrogens with two attached hydrogens (primary N) is 1. The molecule has 0 bridgehead atoms. The molecule has 0 aliphatic rings. The third-order valence-electron chi connectivity index (χ3n) is 5.10. The van der Waals surface area contributed by atoms with E-state index in [0.717, 1.165) is 5.71 Å². The second kappa shape index (κ2) is 13.8. The molecule has 3 atom stereocenters. The topological polar surface area (TPSA) is 156 Å². The summed E-state index contributed by atoms with van der Waals surface area (Å²) in [5, 5.41) is 7.05. The van der Waals surface area contributed by atoms with Crippen LogP contribution in [0.1, 0.15) is 68.2 Å². The van der Waals surface area contributed by atoms with E-state index in [4.69, 9.17) is 19.8 Å². The Morgan fingerprint density at radius 3 is 2.32 bits per heavy atom. The molecule has 0 amide bonds. The monoisotopic (exact) mass is 539 g/mol. The maximum Gasteiger partial charge on any atom is 0.364 e. The summed E-state index contributed by atoms with van der Waals surface area (Å²) in [6.07, 6.45) is 3.37. The van der Waals surface area contributed by atoms with E-state index in [1.165, 1.54) is 6.33 Å². The Balaban J connectivity index is 2.18. The van der Waals surface area contributed by atoms with Crippen LogP contribution in [-0.2, 0) is 30.0 Å². The summed E-state index contributed by atoms with van der Waals surface area (Å²) in [4.78, 5) is 24.8. The summed E-state index contributed by atoms with van der Waals surface area (Å²) in [5.74, 6) is 0.459. The van der Waals surface area contributed by atoms with Gasteiger partial charge in [-0.2, -0.15) is 0 Å². The fourth-order valence-corrected chi connectivity index (χ4v) is 5.14. The highest BCUT2D eigenvalue weighted by molar-refractivity contribution is 7.56. The van der Waals surface area contributed by atoms with Crippen molar-refractivity contribution in [3.63, 3.8) is 0 Å². The van der Waals surface area contributed by atoms with Crippen LogP contribution in [0.25, 0.3) is 11.2 Å². The number of nitrogen functional groups attached to an aromatic ring is 1. The first kappa shape index (κ1) is 30.7. The molecular formula is C24H42N7O5P. The summed E-state index contributed by atoms with van der Waals surface area (Å²) >= 11 is 0. The number of imidazole rings is 1. The smallest absolute Gasteiger partial charge is 0.364 e. The predicted molar refractivity (Wildman–Crippen MR) is 144 cm³/mol. The van der Waals surface area contributed by atoms with Crippen molar-refractivity contribution in [3.8, 4) is 0 Å². The Hall–Kier alpha value is -2.56. The molecule has 3 N–H and O–H groups in total. The second-order valence-corrected chi connectivity index (χ2v) is 12.4. The first-order chi connectivity index (χ1) is 17.3. The van der Waals surface area contributed by atoms with Crippen molar-refractivity contribution in [1.29, 1.82) is 0 Å². The first-order valence-corrected chi connectivity index (χ1v) is 14.4. The van der Waals surface area contributed by atoms with Crippen molar-refractivity contribution < 1.29 is 23.5 Å². The number of hydrogen-bond donors (Lipinski definition) is 2. The zero-order chi connectivity index (χ0) is 27.8. The Morgan fingerprint density at radius 1 is 1.08 bits per heavy atom. The van der Waals surface area contributed by atoms with Gasteiger partial charge in [0.1, 0.15) is 24.2 Å². The molecule has 0 aliphatic heterocycles. The number of anilines is 1. The zero-order valence-electron chi connectivity index (χ0n) is 23.2. The molecule has 2 aromatic heterocycles. The van der Waals surface area contributed by atoms with Gasteiger partial charge in [-0.25, -0.2) is 20.0 Å². The van der Waals surface area contributed by atoms with Gasteiger partial charge in [0.2, 0.25) is 0 Å². The van der Waals surface area contributed by atoms with E-state index in [0.29, 0.717) is 42.4 Å². The summed E-state index contributed by atoms with van der Waals surface area (Å²) in [7, 11) is -3.74. The normalized spacial score (nSPS) is 15.1. The van der Waals surface area contributed by atoms with E-state index in [9.17, 15) is 9.36 Å². The number of nitrogens with zero attached hydrogens (tertiary/aromatic N) is 5. The van der Waals surface area contributed by atoms with Crippen molar-refractivity contribution in [3.05, 3.63) is 12.7 Å². The molecule has 1 unspecified atom stereocenters. The molecule has 0 fully saturated rings. The van der Waals surface area contributed by atoms with E-state index in [2.05, 4.69) is 52.9 Å². The lowest BCUT2D eigenvalue weighted by Gasteiger charge is -2.24. The van der Waals surface area contributed by atoms with Gasteiger partial charge in [0, 0.05) is 0 Å². The number of oxime groups is 1. The summed E-state index contributed by atoms with van der Waals surface area (Å²) in [5.41, 5.74) is 7.74. The van der Waals surface area contributed by atoms with Crippen LogP contribution in [0.4, 0.5) is 5.82 Å². The molecule has 0 aliphatic carbocycles. The minimum absolute atomic E-state index is 0.290. The number of fused-ring (bicyclic) bond motifs is 1. The standard InChI is InChI=1S/C24H42N7O5P/c1-15(2)9-20(10-16(3)4)29-36-37(33,30-19(8)24(32)35-17(5)6)14-34-18(7)11-31-13-28-21-22(25)26-12-27-23(21)31/h12-13,15-19H,9-11,14H2,1-8H3,(H,30,33)(H2,25,26,27)/t18-,19+,37?/m1/s1. The van der Waals surface area contributed by atoms with E-state index < -0.39 is 25.6 Å². The Kier molecular flexibility index (Phi) is 11.5. The van der Waals surface area contributed by atoms with Gasteiger partial charge in [-0.05, 0) is 52.4 Å². The van der Waals surface area contributed by atoms with Crippen LogP contribution in [-0.4, -0.2) is 55.8 Å². The lowest BCUT2D eigenvalue weighted by Crippen LogP contribution is -2.36. The molecule has 208 valence electrons. The van der Waals surface area contributed by atoms with Crippen molar-refractivity contribution in [1.82, 2.24) is 24.6 Å². The number of nitrogens with one attached hydrogen (secondary N) is 1. The van der Waals surface area contributed by atoms with Crippen LogP contribution < -0.4 is 10.8 Å². The number of ether oxygens (including phenoxy) is 2. The minimum Gasteiger partial charge on any atom is -0.462 e. The van der Waals surface area contributed by atoms with Gasteiger partial charge in [-0.1, -0.05) is 32.9 Å². The molecule has 0 saturated carbocycles. The Bertz CT molecular complexity index is 1090. The van der Waals surface area contributed by atoms with Crippen molar-refractivity contribution in [2.75, 3.05) is 12.1 Å². The molecule has 2 aromatic rings. The fourth-order valence-electron chi connectivity index (χ4n) is 3.58. The summed E-state index contributed by atoms with van der Waals surface area (Å²) in [6, 6.07) is -0.891. The van der Waals surface area contributed by atoms with Gasteiger partial charge < -0.3 is 24.4 Å². The molecule has 2 rings (SSSR count). The molecule has 0 radical (unpaired) electrons. The number of carbonyl (C=O) groups excluding carboxylic acids is 1. The van der Waals surface area contributed by atoms with Crippen LogP contribution >= 0.6 is 7.52 Å². The molecular weight excluding hydrogens is 497 g/mol. The Morgan fingerprint density at radius 2 is 1.73 bits per heavy atom. The van der Waals surface area contributed by atoms with E-state index >= 15 is 0 Å². The van der Waals surface area contributed by atoms with Crippen LogP contribution in [0.2, 0.25) is 0 Å². The van der Waals surface area contributed by atoms with Gasteiger partial charge in [0.25, 0.3) is 0 Å². The quantitative estimate of drug-likeness (QED) is 0.144. The predicted octanol–water partition coefficient (Wildman–Crippen LogP) is 4.36. The van der Waals surface area contributed by atoms with Gasteiger partial charge in [0.15, 0.2) is 11.5 Å². The van der Waals surface area contributed by atoms with Crippen molar-refractivity contribution in [2.24, 2.45) is 17.0 Å². The van der Waals surface area contributed by atoms with Gasteiger partial charge >= 0.3 is 13.5 Å². The van der Waals surface area contributed by atoms with Gasteiger partial charge in [-0.15, -0.1) is 0 Å². The molecule has 2 heterocycles. The fraction of sp³-hybridized carbons (Fsp3) is 0.708. The highest BCUT2D eigenvalue weighted by Gasteiger charge is 2.32. The zero-order valence-corrected chi connectivity index (χ0v) is 24.1. The van der Waals surface area contributed by atoms with Crippen LogP contribution in [0.15, 0.2) is 17.8 Å². The maximum absolute atomic E-state index is 13.8. The van der Waals surface area contributed by atoms with Crippen molar-refractivity contribution >= 4 is 36.2 Å². The summed E-state index contributed by atoms with van der Waals surface area (Å²) < 4.78 is 32.4. The Labute approximate surface area is 219 Å². The van der Waals surface area contributed by atoms with Crippen LogP contribution in [0.5, 0.6) is 0 Å². The van der Waals surface area contributed by atoms with Crippen LogP contribution in [0, 0.1) is 11.8 Å². The number of rotatable bonds is 15. The van der Waals surface area contributed by atoms with E-state index in [1.54, 1.807) is 31.7 Å². The number of carbonyl (C=O) groups is 1. The van der Waals surface area contributed by atoms with Crippen LogP contribution in [0.3, 0.4) is 0 Å². The lowest BCUT2D eigenvalue weighted by atomic mass is 9.99. The summed E-state index contributed by atoms with van der Waals surface area (Å²) in [6.45, 7) is 15.6. The molecule has 13 heteroatoms.